The van der Waals surface area contributed by atoms with E-state index in [0.29, 0.717) is 6.04 Å². The van der Waals surface area contributed by atoms with Gasteiger partial charge in [0.25, 0.3) is 0 Å². The molecule has 1 heterocycles. The van der Waals surface area contributed by atoms with Gasteiger partial charge >= 0.3 is 0 Å². The summed E-state index contributed by atoms with van der Waals surface area (Å²) in [6, 6.07) is 21.5. The molecule has 0 saturated carbocycles. The third-order valence-electron chi connectivity index (χ3n) is 4.87. The van der Waals surface area contributed by atoms with Crippen LogP contribution >= 0.6 is 0 Å². The van der Waals surface area contributed by atoms with Crippen molar-refractivity contribution < 1.29 is 5.11 Å². The van der Waals surface area contributed by atoms with E-state index in [2.05, 4.69) is 59.5 Å². The lowest BCUT2D eigenvalue weighted by molar-refractivity contribution is -0.0643. The number of benzene rings is 2. The van der Waals surface area contributed by atoms with Gasteiger partial charge in [-0.05, 0) is 30.4 Å². The predicted octanol–water partition coefficient (Wildman–Crippen LogP) is 3.27. The van der Waals surface area contributed by atoms with E-state index in [-0.39, 0.29) is 12.6 Å². The van der Waals surface area contributed by atoms with E-state index in [1.165, 1.54) is 24.0 Å². The number of aliphatic hydroxyl groups excluding tert-OH is 1. The second-order valence-electron chi connectivity index (χ2n) is 6.33. The van der Waals surface area contributed by atoms with E-state index < -0.39 is 0 Å². The number of nitrogens with zero attached hydrogens (tertiary/aromatic N) is 2. The van der Waals surface area contributed by atoms with Crippen molar-refractivity contribution in [3.05, 3.63) is 71.8 Å². The quantitative estimate of drug-likeness (QED) is 0.887. The molecule has 3 heteroatoms. The highest BCUT2D eigenvalue weighted by Crippen LogP contribution is 2.28. The van der Waals surface area contributed by atoms with E-state index in [1.807, 2.05) is 18.2 Å². The van der Waals surface area contributed by atoms with Crippen molar-refractivity contribution in [2.75, 3.05) is 20.2 Å². The largest absolute Gasteiger partial charge is 0.394 e. The van der Waals surface area contributed by atoms with Crippen LogP contribution in [0.25, 0.3) is 0 Å². The summed E-state index contributed by atoms with van der Waals surface area (Å²) in [6.45, 7) is 1.20. The molecule has 2 aromatic rings. The van der Waals surface area contributed by atoms with E-state index >= 15 is 0 Å². The summed E-state index contributed by atoms with van der Waals surface area (Å²) in [7, 11) is 2.11. The molecule has 3 rings (SSSR count). The summed E-state index contributed by atoms with van der Waals surface area (Å²) >= 11 is 0. The summed E-state index contributed by atoms with van der Waals surface area (Å²) in [4.78, 5) is 0. The van der Waals surface area contributed by atoms with E-state index in [1.54, 1.807) is 0 Å². The van der Waals surface area contributed by atoms with Crippen molar-refractivity contribution in [3.63, 3.8) is 0 Å². The summed E-state index contributed by atoms with van der Waals surface area (Å²) in [5.74, 6) is 0. The number of aliphatic hydroxyl groups is 1. The van der Waals surface area contributed by atoms with E-state index in [9.17, 15) is 5.11 Å². The number of hydrogen-bond donors (Lipinski definition) is 1. The van der Waals surface area contributed by atoms with Gasteiger partial charge in [-0.15, -0.1) is 0 Å². The Morgan fingerprint density at radius 2 is 1.74 bits per heavy atom. The molecule has 0 unspecified atom stereocenters. The molecule has 1 saturated heterocycles. The Kier molecular flexibility index (Phi) is 5.44. The summed E-state index contributed by atoms with van der Waals surface area (Å²) in [6.07, 6.45) is 3.50. The topological polar surface area (TPSA) is 26.7 Å². The van der Waals surface area contributed by atoms with Crippen LogP contribution in [0.1, 0.15) is 30.0 Å². The maximum atomic E-state index is 9.92. The van der Waals surface area contributed by atoms with E-state index in [0.717, 1.165) is 13.0 Å². The lowest BCUT2D eigenvalue weighted by atomic mass is 10.0. The molecular formula is C20H26N2O. The van der Waals surface area contributed by atoms with Crippen LogP contribution in [0, 0.1) is 0 Å². The maximum Gasteiger partial charge on any atom is 0.0723 e. The van der Waals surface area contributed by atoms with Crippen LogP contribution < -0.4 is 0 Å². The molecule has 3 nitrogen and oxygen atoms in total. The Hall–Kier alpha value is -1.68. The van der Waals surface area contributed by atoms with Crippen molar-refractivity contribution in [1.82, 2.24) is 10.0 Å². The highest BCUT2D eigenvalue weighted by molar-refractivity contribution is 5.19. The summed E-state index contributed by atoms with van der Waals surface area (Å²) in [5.41, 5.74) is 2.56. The third kappa shape index (κ3) is 3.81. The van der Waals surface area contributed by atoms with Gasteiger partial charge in [-0.1, -0.05) is 60.7 Å². The number of likely N-dealkylation sites (N-methyl/N-ethyl adjacent to an activating group) is 1. The lowest BCUT2D eigenvalue weighted by Gasteiger charge is -2.38. The van der Waals surface area contributed by atoms with E-state index in [4.69, 9.17) is 0 Å². The van der Waals surface area contributed by atoms with Gasteiger partial charge in [-0.25, -0.2) is 10.0 Å². The van der Waals surface area contributed by atoms with Crippen molar-refractivity contribution >= 4 is 0 Å². The normalized spacial score (nSPS) is 20.0. The number of hydrogen-bond acceptors (Lipinski definition) is 3. The monoisotopic (exact) mass is 310 g/mol. The lowest BCUT2D eigenvalue weighted by Crippen LogP contribution is -2.46. The fraction of sp³-hybridized carbons (Fsp3) is 0.400. The first kappa shape index (κ1) is 16.2. The molecule has 122 valence electrons. The van der Waals surface area contributed by atoms with Crippen LogP contribution in [0.2, 0.25) is 0 Å². The first-order valence-corrected chi connectivity index (χ1v) is 8.48. The van der Waals surface area contributed by atoms with Crippen LogP contribution in [0.5, 0.6) is 0 Å². The minimum Gasteiger partial charge on any atom is -0.394 e. The first-order valence-electron chi connectivity index (χ1n) is 8.48. The standard InChI is InChI=1S/C20H26N2O/c1-21(20(16-23)18-11-6-3-7-12-18)22-14-8-13-19(22)15-17-9-4-2-5-10-17/h2-7,9-12,19-20,23H,8,13-16H2,1H3/t19-,20-/m0/s1. The molecule has 1 N–H and O–H groups in total. The zero-order chi connectivity index (χ0) is 16.1. The van der Waals surface area contributed by atoms with Gasteiger partial charge in [-0.2, -0.15) is 0 Å². The molecule has 23 heavy (non-hydrogen) atoms. The molecule has 2 atom stereocenters. The minimum absolute atomic E-state index is 0.0209. The fourth-order valence-electron chi connectivity index (χ4n) is 3.62. The second kappa shape index (κ2) is 7.73. The zero-order valence-electron chi connectivity index (χ0n) is 13.8. The Morgan fingerprint density at radius 3 is 2.39 bits per heavy atom. The molecule has 0 amide bonds. The predicted molar refractivity (Wildman–Crippen MR) is 93.9 cm³/mol. The van der Waals surface area contributed by atoms with Crippen LogP contribution in [0.4, 0.5) is 0 Å². The average molecular weight is 310 g/mol. The molecule has 1 fully saturated rings. The number of hydrazine groups is 1. The Bertz CT molecular complexity index is 587. The molecule has 2 aromatic carbocycles. The SMILES string of the molecule is CN([C@@H](CO)c1ccccc1)N1CCC[C@H]1Cc1ccccc1. The Balaban J connectivity index is 1.73. The van der Waals surface area contributed by atoms with Gasteiger partial charge in [0.2, 0.25) is 0 Å². The smallest absolute Gasteiger partial charge is 0.0723 e. The van der Waals surface area contributed by atoms with Gasteiger partial charge in [0.1, 0.15) is 0 Å². The molecule has 0 aromatic heterocycles. The maximum absolute atomic E-state index is 9.92. The highest BCUT2D eigenvalue weighted by atomic mass is 16.3. The molecule has 0 spiro atoms. The Morgan fingerprint density at radius 1 is 1.09 bits per heavy atom. The Labute approximate surface area is 139 Å². The summed E-state index contributed by atoms with van der Waals surface area (Å²) < 4.78 is 0. The van der Waals surface area contributed by atoms with Crippen LogP contribution in [0.3, 0.4) is 0 Å². The zero-order valence-corrected chi connectivity index (χ0v) is 13.8. The van der Waals surface area contributed by atoms with Crippen molar-refractivity contribution in [2.45, 2.75) is 31.3 Å². The van der Waals surface area contributed by atoms with Crippen LogP contribution in [-0.4, -0.2) is 41.4 Å². The third-order valence-corrected chi connectivity index (χ3v) is 4.87. The first-order chi connectivity index (χ1) is 11.3. The second-order valence-corrected chi connectivity index (χ2v) is 6.33. The van der Waals surface area contributed by atoms with Gasteiger partial charge in [0.15, 0.2) is 0 Å². The van der Waals surface area contributed by atoms with Crippen molar-refractivity contribution in [1.29, 1.82) is 0 Å². The molecule has 0 bridgehead atoms. The van der Waals surface area contributed by atoms with Gasteiger partial charge in [-0.3, -0.25) is 0 Å². The fourth-order valence-corrected chi connectivity index (χ4v) is 3.62. The van der Waals surface area contributed by atoms with Crippen molar-refractivity contribution in [2.24, 2.45) is 0 Å². The molecular weight excluding hydrogens is 284 g/mol. The average Bonchev–Trinajstić information content (AvgIpc) is 3.05. The van der Waals surface area contributed by atoms with Crippen LogP contribution in [0.15, 0.2) is 60.7 Å². The van der Waals surface area contributed by atoms with Gasteiger partial charge in [0, 0.05) is 19.6 Å². The molecule has 1 aliphatic rings. The molecule has 0 aliphatic carbocycles. The van der Waals surface area contributed by atoms with Crippen molar-refractivity contribution in [3.8, 4) is 0 Å². The van der Waals surface area contributed by atoms with Crippen LogP contribution in [-0.2, 0) is 6.42 Å². The van der Waals surface area contributed by atoms with Gasteiger partial charge in [0.05, 0.1) is 12.6 Å². The molecule has 1 aliphatic heterocycles. The minimum atomic E-state index is 0.0209. The summed E-state index contributed by atoms with van der Waals surface area (Å²) in [5, 5.41) is 14.6. The number of rotatable bonds is 6. The highest BCUT2D eigenvalue weighted by Gasteiger charge is 2.31. The van der Waals surface area contributed by atoms with Gasteiger partial charge < -0.3 is 5.11 Å². The molecule has 0 radical (unpaired) electrons.